The summed E-state index contributed by atoms with van der Waals surface area (Å²) in [5.41, 5.74) is 8.53. The molecule has 0 spiro atoms. The smallest absolute Gasteiger partial charge is 0.291 e. The van der Waals surface area contributed by atoms with E-state index in [9.17, 15) is 4.79 Å². The third-order valence-corrected chi connectivity index (χ3v) is 3.58. The molecule has 0 aliphatic heterocycles. The summed E-state index contributed by atoms with van der Waals surface area (Å²) < 4.78 is 1.80. The first kappa shape index (κ1) is 11.0. The number of carbonyl (C=O) groups is 1. The van der Waals surface area contributed by atoms with Gasteiger partial charge in [0.1, 0.15) is 17.6 Å². The number of imidazole rings is 1. The van der Waals surface area contributed by atoms with Crippen molar-refractivity contribution < 1.29 is 9.36 Å². The number of nitrogens with one attached hydrogen (secondary N) is 1. The monoisotopic (exact) mass is 258 g/mol. The highest BCUT2D eigenvalue weighted by molar-refractivity contribution is 7.08. The maximum Gasteiger partial charge on any atom is 0.354 e. The number of thiophene rings is 1. The topological polar surface area (TPSA) is 62.8 Å². The van der Waals surface area contributed by atoms with E-state index in [4.69, 9.17) is 5.73 Å². The molecule has 0 aliphatic carbocycles. The second-order valence-electron chi connectivity index (χ2n) is 4.05. The Balaban J connectivity index is 2.00. The molecule has 0 unspecified atom stereocenters. The van der Waals surface area contributed by atoms with Crippen LogP contribution in [0.3, 0.4) is 0 Å². The van der Waals surface area contributed by atoms with Gasteiger partial charge in [-0.3, -0.25) is 10.5 Å². The van der Waals surface area contributed by atoms with E-state index in [-0.39, 0.29) is 12.3 Å². The Hall–Kier alpha value is -2.14. The minimum atomic E-state index is 0.0673. The summed E-state index contributed by atoms with van der Waals surface area (Å²) in [6.45, 7) is 0.257. The van der Waals surface area contributed by atoms with E-state index in [0.717, 1.165) is 16.6 Å². The fourth-order valence-corrected chi connectivity index (χ4v) is 2.64. The standard InChI is InChI=1S/C13H11N3OS/c14-13-15-10-3-1-2-4-11(10)16(13)7-12(17)9-5-6-18-8-9/h1-6,8H,7H2,(H2,14,15)/p+1. The molecule has 1 aromatic carbocycles. The normalized spacial score (nSPS) is 10.9. The molecule has 0 fully saturated rings. The highest BCUT2D eigenvalue weighted by Gasteiger charge is 2.17. The highest BCUT2D eigenvalue weighted by atomic mass is 32.1. The van der Waals surface area contributed by atoms with Gasteiger partial charge in [-0.2, -0.15) is 11.3 Å². The molecule has 2 heterocycles. The number of anilines is 1. The Labute approximate surface area is 108 Å². The summed E-state index contributed by atoms with van der Waals surface area (Å²) in [6, 6.07) is 9.59. The van der Waals surface area contributed by atoms with Crippen LogP contribution < -0.4 is 10.3 Å². The van der Waals surface area contributed by atoms with Crippen LogP contribution in [-0.4, -0.2) is 10.8 Å². The zero-order valence-corrected chi connectivity index (χ0v) is 10.4. The summed E-state index contributed by atoms with van der Waals surface area (Å²) in [5, 5.41) is 3.75. The molecule has 2 aromatic heterocycles. The average Bonchev–Trinajstić information content (AvgIpc) is 2.98. The lowest BCUT2D eigenvalue weighted by Gasteiger charge is -1.98. The molecule has 0 saturated heterocycles. The van der Waals surface area contributed by atoms with Gasteiger partial charge in [0.25, 0.3) is 0 Å². The van der Waals surface area contributed by atoms with Crippen molar-refractivity contribution in [3.05, 3.63) is 46.7 Å². The zero-order valence-electron chi connectivity index (χ0n) is 9.59. The number of carbonyl (C=O) groups excluding carboxylic acids is 1. The van der Waals surface area contributed by atoms with Gasteiger partial charge in [-0.25, -0.2) is 9.55 Å². The molecular formula is C13H12N3OS+. The number of hydrogen-bond acceptors (Lipinski definition) is 3. The summed E-state index contributed by atoms with van der Waals surface area (Å²) in [4.78, 5) is 15.2. The van der Waals surface area contributed by atoms with Crippen molar-refractivity contribution in [2.75, 3.05) is 5.73 Å². The van der Waals surface area contributed by atoms with Crippen LogP contribution in [0.15, 0.2) is 41.1 Å². The van der Waals surface area contributed by atoms with Crippen LogP contribution in [0.4, 0.5) is 5.95 Å². The maximum absolute atomic E-state index is 12.1. The first-order valence-corrected chi connectivity index (χ1v) is 6.51. The van der Waals surface area contributed by atoms with Crippen LogP contribution in [0.5, 0.6) is 0 Å². The first-order chi connectivity index (χ1) is 8.75. The number of nitrogens with two attached hydrogens (primary N) is 1. The molecule has 0 amide bonds. The van der Waals surface area contributed by atoms with E-state index in [0.29, 0.717) is 5.95 Å². The Morgan fingerprint density at radius 3 is 2.94 bits per heavy atom. The fourth-order valence-electron chi connectivity index (χ4n) is 1.98. The van der Waals surface area contributed by atoms with Gasteiger partial charge in [0.15, 0.2) is 5.78 Å². The van der Waals surface area contributed by atoms with Crippen molar-refractivity contribution in [1.29, 1.82) is 0 Å². The Bertz CT molecular complexity index is 700. The van der Waals surface area contributed by atoms with Gasteiger partial charge in [-0.15, -0.1) is 0 Å². The van der Waals surface area contributed by atoms with Gasteiger partial charge in [-0.1, -0.05) is 12.1 Å². The number of fused-ring (bicyclic) bond motifs is 1. The summed E-state index contributed by atoms with van der Waals surface area (Å²) in [7, 11) is 0. The number of nitrogen functional groups attached to an aromatic ring is 1. The van der Waals surface area contributed by atoms with Gasteiger partial charge in [0.2, 0.25) is 0 Å². The van der Waals surface area contributed by atoms with Crippen LogP contribution in [0.2, 0.25) is 0 Å². The Morgan fingerprint density at radius 2 is 2.17 bits per heavy atom. The van der Waals surface area contributed by atoms with E-state index in [2.05, 4.69) is 4.98 Å². The predicted molar refractivity (Wildman–Crippen MR) is 71.6 cm³/mol. The van der Waals surface area contributed by atoms with Gasteiger partial charge < -0.3 is 0 Å². The lowest BCUT2D eigenvalue weighted by molar-refractivity contribution is -0.642. The molecular weight excluding hydrogens is 246 g/mol. The second-order valence-corrected chi connectivity index (χ2v) is 4.83. The minimum Gasteiger partial charge on any atom is -0.291 e. The number of aromatic nitrogens is 2. The molecule has 0 atom stereocenters. The van der Waals surface area contributed by atoms with Crippen LogP contribution in [0.1, 0.15) is 10.4 Å². The van der Waals surface area contributed by atoms with Crippen LogP contribution >= 0.6 is 11.3 Å². The minimum absolute atomic E-state index is 0.0673. The quantitative estimate of drug-likeness (QED) is 0.557. The lowest BCUT2D eigenvalue weighted by atomic mass is 10.2. The largest absolute Gasteiger partial charge is 0.354 e. The van der Waals surface area contributed by atoms with Gasteiger partial charge >= 0.3 is 5.95 Å². The predicted octanol–water partition coefficient (Wildman–Crippen LogP) is 1.98. The molecule has 0 radical (unpaired) electrons. The molecule has 3 rings (SSSR count). The second kappa shape index (κ2) is 4.27. The molecule has 18 heavy (non-hydrogen) atoms. The van der Waals surface area contributed by atoms with Crippen molar-refractivity contribution in [3.63, 3.8) is 0 Å². The number of H-pyrrole nitrogens is 1. The van der Waals surface area contributed by atoms with E-state index < -0.39 is 0 Å². The molecule has 5 heteroatoms. The van der Waals surface area contributed by atoms with Crippen molar-refractivity contribution in [3.8, 4) is 0 Å². The number of benzene rings is 1. The SMILES string of the molecule is Nc1[nH]c2ccccc2[n+]1CC(=O)c1ccsc1. The number of hydrogen-bond donors (Lipinski definition) is 2. The molecule has 0 bridgehead atoms. The number of para-hydroxylation sites is 2. The summed E-state index contributed by atoms with van der Waals surface area (Å²) in [6.07, 6.45) is 0. The maximum atomic E-state index is 12.1. The van der Waals surface area contributed by atoms with Crippen molar-refractivity contribution in [2.45, 2.75) is 6.54 Å². The van der Waals surface area contributed by atoms with Crippen LogP contribution in [0, 0.1) is 0 Å². The number of nitrogens with zero attached hydrogens (tertiary/aromatic N) is 1. The highest BCUT2D eigenvalue weighted by Crippen LogP contribution is 2.11. The zero-order chi connectivity index (χ0) is 12.5. The molecule has 90 valence electrons. The Morgan fingerprint density at radius 1 is 1.33 bits per heavy atom. The number of Topliss-reactive ketones (excluding diaryl/α,β-unsaturated/α-hetero) is 1. The first-order valence-electron chi connectivity index (χ1n) is 5.57. The van der Waals surface area contributed by atoms with Gasteiger partial charge in [0, 0.05) is 10.9 Å². The molecule has 3 N–H and O–H groups in total. The Kier molecular flexibility index (Phi) is 2.60. The van der Waals surface area contributed by atoms with Gasteiger partial charge in [0.05, 0.1) is 0 Å². The van der Waals surface area contributed by atoms with Crippen LogP contribution in [-0.2, 0) is 6.54 Å². The molecule has 4 nitrogen and oxygen atoms in total. The fraction of sp³-hybridized carbons (Fsp3) is 0.0769. The molecule has 0 saturated carbocycles. The van der Waals surface area contributed by atoms with Crippen LogP contribution in [0.25, 0.3) is 11.0 Å². The molecule has 3 aromatic rings. The van der Waals surface area contributed by atoms with E-state index >= 15 is 0 Å². The lowest BCUT2D eigenvalue weighted by Crippen LogP contribution is -2.39. The molecule has 0 aliphatic rings. The van der Waals surface area contributed by atoms with Crippen molar-refractivity contribution in [2.24, 2.45) is 0 Å². The third kappa shape index (κ3) is 1.78. The van der Waals surface area contributed by atoms with Crippen molar-refractivity contribution in [1.82, 2.24) is 4.98 Å². The number of ketones is 1. The van der Waals surface area contributed by atoms with Gasteiger partial charge in [-0.05, 0) is 23.6 Å². The third-order valence-electron chi connectivity index (χ3n) is 2.89. The number of aromatic amines is 1. The average molecular weight is 258 g/mol. The van der Waals surface area contributed by atoms with Crippen molar-refractivity contribution >= 4 is 34.1 Å². The number of rotatable bonds is 3. The van der Waals surface area contributed by atoms with E-state index in [1.165, 1.54) is 11.3 Å². The summed E-state index contributed by atoms with van der Waals surface area (Å²) >= 11 is 1.52. The summed E-state index contributed by atoms with van der Waals surface area (Å²) in [5.74, 6) is 0.567. The van der Waals surface area contributed by atoms with E-state index in [1.54, 1.807) is 4.57 Å². The van der Waals surface area contributed by atoms with E-state index in [1.807, 2.05) is 41.1 Å².